The highest BCUT2D eigenvalue weighted by Gasteiger charge is 1.92. The lowest BCUT2D eigenvalue weighted by atomic mass is 10.2. The molecule has 0 aliphatic heterocycles. The quantitative estimate of drug-likeness (QED) is 0.507. The van der Waals surface area contributed by atoms with Crippen LogP contribution in [0.15, 0.2) is 11.5 Å². The summed E-state index contributed by atoms with van der Waals surface area (Å²) in [4.78, 5) is 0. The summed E-state index contributed by atoms with van der Waals surface area (Å²) in [5.41, 5.74) is 0. The summed E-state index contributed by atoms with van der Waals surface area (Å²) >= 11 is 0. The maximum absolute atomic E-state index is 10.1. The van der Waals surface area contributed by atoms with Gasteiger partial charge >= 0.3 is 0 Å². The normalized spacial score (nSPS) is 12.6. The third-order valence-corrected chi connectivity index (χ3v) is 1.53. The molecule has 0 aromatic carbocycles. The molecule has 0 aromatic rings. The molecule has 0 radical (unpaired) electrons. The lowest BCUT2D eigenvalue weighted by molar-refractivity contribution is 0.494. The van der Waals surface area contributed by atoms with Crippen LogP contribution in [-0.4, -0.2) is 13.0 Å². The van der Waals surface area contributed by atoms with Crippen molar-refractivity contribution in [1.29, 1.82) is 0 Å². The van der Waals surface area contributed by atoms with Crippen molar-refractivity contribution in [2.24, 2.45) is 0 Å². The van der Waals surface area contributed by atoms with Gasteiger partial charge < -0.3 is 0 Å². The van der Waals surface area contributed by atoms with E-state index in [0.29, 0.717) is 6.42 Å². The second kappa shape index (κ2) is 4.46. The van der Waals surface area contributed by atoms with E-state index >= 15 is 0 Å². The Morgan fingerprint density at radius 2 is 2.10 bits per heavy atom. The average Bonchev–Trinajstić information content (AvgIpc) is 1.78. The second-order valence-corrected chi connectivity index (χ2v) is 3.33. The van der Waals surface area contributed by atoms with Crippen LogP contribution in [0.1, 0.15) is 26.2 Å². The van der Waals surface area contributed by atoms with E-state index in [1.165, 1.54) is 6.08 Å². The molecule has 0 aliphatic carbocycles. The number of unbranched alkanes of at least 4 members (excludes halogenated alkanes) is 2. The predicted molar refractivity (Wildman–Crippen MR) is 40.2 cm³/mol. The molecular formula is C6H12O3S. The SMILES string of the molecule is CCCCC=CS(=O)(=O)O. The van der Waals surface area contributed by atoms with Gasteiger partial charge in [-0.15, -0.1) is 0 Å². The molecule has 0 amide bonds. The Balaban J connectivity index is 3.58. The van der Waals surface area contributed by atoms with Crippen LogP contribution in [0.4, 0.5) is 0 Å². The number of hydrogen-bond acceptors (Lipinski definition) is 2. The van der Waals surface area contributed by atoms with Crippen molar-refractivity contribution in [3.63, 3.8) is 0 Å². The summed E-state index contributed by atoms with van der Waals surface area (Å²) in [6, 6.07) is 0. The van der Waals surface area contributed by atoms with Crippen molar-refractivity contribution >= 4 is 10.1 Å². The lowest BCUT2D eigenvalue weighted by Gasteiger charge is -1.86. The number of rotatable bonds is 4. The molecule has 0 atom stereocenters. The Hall–Kier alpha value is -0.350. The van der Waals surface area contributed by atoms with Gasteiger partial charge in [0.25, 0.3) is 10.1 Å². The first kappa shape index (κ1) is 9.65. The molecule has 60 valence electrons. The third kappa shape index (κ3) is 7.65. The zero-order valence-corrected chi connectivity index (χ0v) is 6.76. The van der Waals surface area contributed by atoms with Gasteiger partial charge in [-0.05, 0) is 6.42 Å². The summed E-state index contributed by atoms with van der Waals surface area (Å²) in [5, 5.41) is 0.822. The summed E-state index contributed by atoms with van der Waals surface area (Å²) in [7, 11) is -3.89. The minimum Gasteiger partial charge on any atom is -0.282 e. The van der Waals surface area contributed by atoms with Gasteiger partial charge in [-0.1, -0.05) is 25.8 Å². The molecular weight excluding hydrogens is 152 g/mol. The number of hydrogen-bond donors (Lipinski definition) is 1. The zero-order chi connectivity index (χ0) is 8.04. The van der Waals surface area contributed by atoms with Gasteiger partial charge in [-0.2, -0.15) is 8.42 Å². The van der Waals surface area contributed by atoms with Gasteiger partial charge in [-0.25, -0.2) is 0 Å². The minimum absolute atomic E-state index is 0.705. The van der Waals surface area contributed by atoms with Gasteiger partial charge in [0.05, 0.1) is 5.41 Å². The van der Waals surface area contributed by atoms with Crippen molar-refractivity contribution < 1.29 is 13.0 Å². The molecule has 0 unspecified atom stereocenters. The topological polar surface area (TPSA) is 54.4 Å². The van der Waals surface area contributed by atoms with E-state index < -0.39 is 10.1 Å². The Morgan fingerprint density at radius 3 is 2.50 bits per heavy atom. The smallest absolute Gasteiger partial charge is 0.282 e. The van der Waals surface area contributed by atoms with Crippen molar-refractivity contribution in [2.75, 3.05) is 0 Å². The summed E-state index contributed by atoms with van der Waals surface area (Å²) < 4.78 is 28.3. The molecule has 0 rings (SSSR count). The number of allylic oxidation sites excluding steroid dienone is 1. The largest absolute Gasteiger partial charge is 0.287 e. The third-order valence-electron chi connectivity index (χ3n) is 0.993. The summed E-state index contributed by atoms with van der Waals surface area (Å²) in [6.45, 7) is 2.02. The fraction of sp³-hybridized carbons (Fsp3) is 0.667. The predicted octanol–water partition coefficient (Wildman–Crippen LogP) is 1.58. The first-order chi connectivity index (χ1) is 4.56. The van der Waals surface area contributed by atoms with Crippen LogP contribution in [-0.2, 0) is 10.1 Å². The van der Waals surface area contributed by atoms with E-state index in [1.54, 1.807) is 0 Å². The van der Waals surface area contributed by atoms with Crippen molar-refractivity contribution in [3.8, 4) is 0 Å². The summed E-state index contributed by atoms with van der Waals surface area (Å²) in [6.07, 6.45) is 4.14. The van der Waals surface area contributed by atoms with Gasteiger partial charge in [0, 0.05) is 0 Å². The highest BCUT2D eigenvalue weighted by Crippen LogP contribution is 1.96. The molecule has 0 saturated heterocycles. The van der Waals surface area contributed by atoms with Crippen LogP contribution < -0.4 is 0 Å². The van der Waals surface area contributed by atoms with Crippen LogP contribution in [0.3, 0.4) is 0 Å². The monoisotopic (exact) mass is 164 g/mol. The van der Waals surface area contributed by atoms with E-state index in [1.807, 2.05) is 6.92 Å². The highest BCUT2D eigenvalue weighted by atomic mass is 32.2. The molecule has 0 saturated carbocycles. The Labute approximate surface area is 61.5 Å². The van der Waals surface area contributed by atoms with Crippen LogP contribution in [0.2, 0.25) is 0 Å². The van der Waals surface area contributed by atoms with Crippen molar-refractivity contribution in [2.45, 2.75) is 26.2 Å². The van der Waals surface area contributed by atoms with Gasteiger partial charge in [0.15, 0.2) is 0 Å². The fourth-order valence-electron chi connectivity index (χ4n) is 0.512. The molecule has 0 aromatic heterocycles. The van der Waals surface area contributed by atoms with Gasteiger partial charge in [0.1, 0.15) is 0 Å². The fourth-order valence-corrected chi connectivity index (χ4v) is 0.891. The molecule has 10 heavy (non-hydrogen) atoms. The average molecular weight is 164 g/mol. The molecule has 0 bridgehead atoms. The molecule has 4 heteroatoms. The van der Waals surface area contributed by atoms with Gasteiger partial charge in [-0.3, -0.25) is 4.55 Å². The van der Waals surface area contributed by atoms with E-state index in [0.717, 1.165) is 18.2 Å². The Bertz CT molecular complexity index is 191. The van der Waals surface area contributed by atoms with E-state index in [2.05, 4.69) is 0 Å². The maximum atomic E-state index is 10.1. The minimum atomic E-state index is -3.89. The van der Waals surface area contributed by atoms with Crippen molar-refractivity contribution in [1.82, 2.24) is 0 Å². The van der Waals surface area contributed by atoms with Crippen LogP contribution in [0.25, 0.3) is 0 Å². The first-order valence-corrected chi connectivity index (χ1v) is 4.70. The van der Waals surface area contributed by atoms with Crippen LogP contribution in [0, 0.1) is 0 Å². The van der Waals surface area contributed by atoms with E-state index in [-0.39, 0.29) is 0 Å². The Kier molecular flexibility index (Phi) is 4.31. The lowest BCUT2D eigenvalue weighted by Crippen LogP contribution is -1.88. The molecule has 0 fully saturated rings. The zero-order valence-electron chi connectivity index (χ0n) is 5.95. The molecule has 3 nitrogen and oxygen atoms in total. The van der Waals surface area contributed by atoms with Gasteiger partial charge in [0.2, 0.25) is 0 Å². The highest BCUT2D eigenvalue weighted by molar-refractivity contribution is 7.88. The standard InChI is InChI=1S/C6H12O3S/c1-2-3-4-5-6-10(7,8)9/h5-6H,2-4H2,1H3,(H,7,8,9). The van der Waals surface area contributed by atoms with Crippen molar-refractivity contribution in [3.05, 3.63) is 11.5 Å². The van der Waals surface area contributed by atoms with E-state index in [4.69, 9.17) is 4.55 Å². The molecule has 0 heterocycles. The molecule has 0 spiro atoms. The molecule has 0 aliphatic rings. The first-order valence-electron chi connectivity index (χ1n) is 3.20. The van der Waals surface area contributed by atoms with Crippen LogP contribution in [0.5, 0.6) is 0 Å². The second-order valence-electron chi connectivity index (χ2n) is 2.03. The maximum Gasteiger partial charge on any atom is 0.287 e. The molecule has 1 N–H and O–H groups in total. The van der Waals surface area contributed by atoms with E-state index in [9.17, 15) is 8.42 Å². The van der Waals surface area contributed by atoms with Crippen LogP contribution >= 0.6 is 0 Å². The Morgan fingerprint density at radius 1 is 1.50 bits per heavy atom. The summed E-state index contributed by atoms with van der Waals surface area (Å²) in [5.74, 6) is 0.